The monoisotopic (exact) mass is 522 g/mol. The third-order valence-corrected chi connectivity index (χ3v) is 8.00. The second-order valence-electron chi connectivity index (χ2n) is 8.26. The molecule has 36 heavy (non-hydrogen) atoms. The van der Waals surface area contributed by atoms with Crippen LogP contribution in [0.1, 0.15) is 11.4 Å². The summed E-state index contributed by atoms with van der Waals surface area (Å²) >= 11 is 5.94. The molecule has 0 spiro atoms. The molecule has 4 aromatic rings. The molecule has 8 nitrogen and oxygen atoms in total. The first-order valence-corrected chi connectivity index (χ1v) is 13.1. The number of aryl methyl sites for hydroxylation is 1. The minimum absolute atomic E-state index is 0.0763. The summed E-state index contributed by atoms with van der Waals surface area (Å²) in [5, 5.41) is 3.33. The highest BCUT2D eigenvalue weighted by Gasteiger charge is 2.37. The lowest BCUT2D eigenvalue weighted by Crippen LogP contribution is -2.50. The summed E-state index contributed by atoms with van der Waals surface area (Å²) in [6.07, 6.45) is 2.54. The van der Waals surface area contributed by atoms with Gasteiger partial charge in [-0.25, -0.2) is 13.4 Å². The van der Waals surface area contributed by atoms with Gasteiger partial charge in [0.15, 0.2) is 6.10 Å². The van der Waals surface area contributed by atoms with Crippen LogP contribution in [-0.2, 0) is 21.4 Å². The Labute approximate surface area is 214 Å². The number of halogens is 1. The predicted molar refractivity (Wildman–Crippen MR) is 137 cm³/mol. The zero-order chi connectivity index (χ0) is 25.3. The highest BCUT2D eigenvalue weighted by molar-refractivity contribution is 7.92. The molecule has 0 radical (unpaired) electrons. The molecule has 1 N–H and O–H groups in total. The minimum Gasteiger partial charge on any atom is -0.476 e. The van der Waals surface area contributed by atoms with Crippen LogP contribution in [0.2, 0.25) is 5.02 Å². The van der Waals surface area contributed by atoms with E-state index in [-0.39, 0.29) is 18.0 Å². The van der Waals surface area contributed by atoms with Crippen molar-refractivity contribution in [1.82, 2.24) is 14.9 Å². The molecule has 0 bridgehead atoms. The van der Waals surface area contributed by atoms with E-state index in [9.17, 15) is 13.2 Å². The molecule has 1 aliphatic heterocycles. The molecular formula is C26H23ClN4O4S. The Morgan fingerprint density at radius 2 is 1.75 bits per heavy atom. The van der Waals surface area contributed by atoms with E-state index in [1.807, 2.05) is 42.0 Å². The number of nitrogens with zero attached hydrogens (tertiary/aromatic N) is 3. The highest BCUT2D eigenvalue weighted by atomic mass is 35.5. The maximum Gasteiger partial charge on any atom is 0.264 e. The van der Waals surface area contributed by atoms with Crippen LogP contribution in [0.5, 0.6) is 5.75 Å². The van der Waals surface area contributed by atoms with Gasteiger partial charge in [0.1, 0.15) is 11.6 Å². The topological polar surface area (TPSA) is 93.5 Å². The molecule has 184 valence electrons. The number of carbonyl (C=O) groups is 1. The zero-order valence-electron chi connectivity index (χ0n) is 19.3. The fraction of sp³-hybridized carbons (Fsp3) is 0.154. The summed E-state index contributed by atoms with van der Waals surface area (Å²) in [6.45, 7) is 1.96. The van der Waals surface area contributed by atoms with Gasteiger partial charge in [-0.05, 0) is 55.0 Å². The number of sulfonamides is 1. The van der Waals surface area contributed by atoms with Crippen LogP contribution in [0, 0.1) is 6.92 Å². The Balaban J connectivity index is 1.39. The van der Waals surface area contributed by atoms with Crippen LogP contribution in [0.15, 0.2) is 90.1 Å². The van der Waals surface area contributed by atoms with E-state index in [4.69, 9.17) is 16.3 Å². The number of fused-ring (bicyclic) bond motifs is 1. The third kappa shape index (κ3) is 4.55. The van der Waals surface area contributed by atoms with E-state index in [1.165, 1.54) is 28.6 Å². The molecule has 3 aromatic carbocycles. The number of benzene rings is 3. The first-order valence-electron chi connectivity index (χ1n) is 11.2. The Kier molecular flexibility index (Phi) is 6.42. The molecule has 1 aromatic heterocycles. The molecule has 1 amide bonds. The first kappa shape index (κ1) is 23.9. The van der Waals surface area contributed by atoms with Gasteiger partial charge in [0.05, 0.1) is 22.8 Å². The molecular weight excluding hydrogens is 500 g/mol. The summed E-state index contributed by atoms with van der Waals surface area (Å²) in [7, 11) is -3.96. The maximum absolute atomic E-state index is 13.5. The average Bonchev–Trinajstić information content (AvgIpc) is 3.32. The number of anilines is 1. The van der Waals surface area contributed by atoms with Gasteiger partial charge in [-0.3, -0.25) is 9.10 Å². The lowest BCUT2D eigenvalue weighted by molar-refractivity contribution is -0.127. The fourth-order valence-electron chi connectivity index (χ4n) is 4.12. The standard InChI is InChI=1S/C26H23ClN4O4S/c1-18-28-14-15-30(18)22-7-3-2-6-19(22)16-29-26(32)25-17-31(23-8-4-5-9-24(23)35-25)36(33,34)21-12-10-20(27)11-13-21/h2-15,25H,16-17H2,1H3,(H,29,32)/t25-/m1/s1. The number of nitrogens with one attached hydrogen (secondary N) is 1. The van der Waals surface area contributed by atoms with Gasteiger partial charge < -0.3 is 14.6 Å². The number of amides is 1. The fourth-order valence-corrected chi connectivity index (χ4v) is 5.73. The highest BCUT2D eigenvalue weighted by Crippen LogP contribution is 2.37. The zero-order valence-corrected chi connectivity index (χ0v) is 20.9. The molecule has 0 aliphatic carbocycles. The molecule has 0 unspecified atom stereocenters. The van der Waals surface area contributed by atoms with Crippen LogP contribution in [0.3, 0.4) is 0 Å². The van der Waals surface area contributed by atoms with Gasteiger partial charge in [0, 0.05) is 24.0 Å². The van der Waals surface area contributed by atoms with Crippen molar-refractivity contribution >= 4 is 33.2 Å². The molecule has 0 fully saturated rings. The molecule has 10 heteroatoms. The minimum atomic E-state index is -3.96. The van der Waals surface area contributed by atoms with Crippen LogP contribution >= 0.6 is 11.6 Å². The van der Waals surface area contributed by atoms with Gasteiger partial charge in [0.2, 0.25) is 0 Å². The van der Waals surface area contributed by atoms with Crippen LogP contribution in [0.4, 0.5) is 5.69 Å². The van der Waals surface area contributed by atoms with Gasteiger partial charge in [-0.15, -0.1) is 0 Å². The number of ether oxygens (including phenoxy) is 1. The van der Waals surface area contributed by atoms with E-state index in [2.05, 4.69) is 10.3 Å². The van der Waals surface area contributed by atoms with Crippen LogP contribution < -0.4 is 14.4 Å². The van der Waals surface area contributed by atoms with Crippen molar-refractivity contribution < 1.29 is 17.9 Å². The van der Waals surface area contributed by atoms with Crippen molar-refractivity contribution in [2.75, 3.05) is 10.8 Å². The van der Waals surface area contributed by atoms with Gasteiger partial charge in [0.25, 0.3) is 15.9 Å². The van der Waals surface area contributed by atoms with Gasteiger partial charge in [-0.2, -0.15) is 0 Å². The number of rotatable bonds is 6. The number of hydrogen-bond donors (Lipinski definition) is 1. The number of imidazole rings is 1. The van der Waals surface area contributed by atoms with Crippen molar-refractivity contribution in [2.45, 2.75) is 24.5 Å². The van der Waals surface area contributed by atoms with Crippen LogP contribution in [-0.4, -0.2) is 36.5 Å². The Bertz CT molecular complexity index is 1520. The lowest BCUT2D eigenvalue weighted by atomic mass is 10.1. The summed E-state index contributed by atoms with van der Waals surface area (Å²) < 4.78 is 36.1. The Morgan fingerprint density at radius 3 is 2.47 bits per heavy atom. The van der Waals surface area contributed by atoms with Gasteiger partial charge in [-0.1, -0.05) is 41.9 Å². The molecule has 2 heterocycles. The van der Waals surface area contributed by atoms with E-state index in [0.717, 1.165) is 17.1 Å². The van der Waals surface area contributed by atoms with Crippen LogP contribution in [0.25, 0.3) is 5.69 Å². The summed E-state index contributed by atoms with van der Waals surface area (Å²) in [4.78, 5) is 17.6. The quantitative estimate of drug-likeness (QED) is 0.411. The lowest BCUT2D eigenvalue weighted by Gasteiger charge is -2.34. The second-order valence-corrected chi connectivity index (χ2v) is 10.6. The van der Waals surface area contributed by atoms with Crippen molar-refractivity contribution in [3.8, 4) is 11.4 Å². The normalized spacial score (nSPS) is 15.2. The SMILES string of the molecule is Cc1nccn1-c1ccccc1CNC(=O)[C@H]1CN(S(=O)(=O)c2ccc(Cl)cc2)c2ccccc2O1. The number of carbonyl (C=O) groups excluding carboxylic acids is 1. The molecule has 1 aliphatic rings. The predicted octanol–water partition coefficient (Wildman–Crippen LogP) is 4.11. The van der Waals surface area contributed by atoms with E-state index >= 15 is 0 Å². The summed E-state index contributed by atoms with van der Waals surface area (Å²) in [6, 6.07) is 20.4. The van der Waals surface area contributed by atoms with E-state index in [1.54, 1.807) is 30.5 Å². The number of para-hydroxylation sites is 3. The number of aromatic nitrogens is 2. The average molecular weight is 523 g/mol. The molecule has 5 rings (SSSR count). The van der Waals surface area contributed by atoms with Gasteiger partial charge >= 0.3 is 0 Å². The largest absolute Gasteiger partial charge is 0.476 e. The summed E-state index contributed by atoms with van der Waals surface area (Å²) in [5.74, 6) is 0.720. The van der Waals surface area contributed by atoms with Crippen molar-refractivity contribution in [3.63, 3.8) is 0 Å². The number of hydrogen-bond acceptors (Lipinski definition) is 5. The van der Waals surface area contributed by atoms with Crippen molar-refractivity contribution in [3.05, 3.63) is 102 Å². The summed E-state index contributed by atoms with van der Waals surface area (Å²) in [5.41, 5.74) is 2.15. The molecule has 0 saturated heterocycles. The molecule has 1 atom stereocenters. The van der Waals surface area contributed by atoms with Crippen molar-refractivity contribution in [2.24, 2.45) is 0 Å². The van der Waals surface area contributed by atoms with E-state index in [0.29, 0.717) is 16.5 Å². The Morgan fingerprint density at radius 1 is 1.06 bits per heavy atom. The van der Waals surface area contributed by atoms with E-state index < -0.39 is 22.0 Å². The first-order chi connectivity index (χ1) is 17.3. The smallest absolute Gasteiger partial charge is 0.264 e. The van der Waals surface area contributed by atoms with Crippen molar-refractivity contribution in [1.29, 1.82) is 0 Å². The third-order valence-electron chi connectivity index (χ3n) is 5.96. The Hall–Kier alpha value is -3.82. The molecule has 0 saturated carbocycles. The maximum atomic E-state index is 13.5. The second kappa shape index (κ2) is 9.67.